The van der Waals surface area contributed by atoms with Crippen molar-refractivity contribution in [1.82, 2.24) is 3.64 Å². The van der Waals surface area contributed by atoms with Crippen LogP contribution in [0.1, 0.15) is 17.2 Å². The molecule has 0 radical (unpaired) electrons. The lowest BCUT2D eigenvalue weighted by Crippen LogP contribution is -2.54. The van der Waals surface area contributed by atoms with E-state index in [-0.39, 0.29) is 12.0 Å². The van der Waals surface area contributed by atoms with Gasteiger partial charge < -0.3 is 4.74 Å². The highest BCUT2D eigenvalue weighted by atomic mass is 32.2. The average molecular weight is 428 g/mol. The molecular weight excluding hydrogens is 398 g/mol. The summed E-state index contributed by atoms with van der Waals surface area (Å²) < 4.78 is 13.1. The Morgan fingerprint density at radius 3 is 1.68 bits per heavy atom. The molecule has 2 aromatic carbocycles. The van der Waals surface area contributed by atoms with Crippen LogP contribution >= 0.6 is 12.1 Å². The van der Waals surface area contributed by atoms with Crippen molar-refractivity contribution in [3.63, 3.8) is 0 Å². The lowest BCUT2D eigenvalue weighted by atomic mass is 10.0. The van der Waals surface area contributed by atoms with E-state index in [4.69, 9.17) is 4.74 Å². The number of nitriles is 1. The zero-order valence-electron chi connectivity index (χ0n) is 17.5. The molecule has 0 spiro atoms. The Morgan fingerprint density at radius 1 is 0.893 bits per heavy atom. The molecule has 148 valence electrons. The summed E-state index contributed by atoms with van der Waals surface area (Å²) in [5.41, 5.74) is 1.99. The summed E-state index contributed by atoms with van der Waals surface area (Å²) in [6.45, 7) is 13.8. The molecule has 0 fully saturated rings. The Morgan fingerprint density at radius 2 is 1.32 bits per heavy atom. The lowest BCUT2D eigenvalue weighted by molar-refractivity contribution is 0.237. The van der Waals surface area contributed by atoms with Crippen LogP contribution in [0.3, 0.4) is 0 Å². The molecular formula is C21H29N3OSSi2. The summed E-state index contributed by atoms with van der Waals surface area (Å²) in [7, 11) is -3.17. The van der Waals surface area contributed by atoms with E-state index in [0.29, 0.717) is 0 Å². The summed E-state index contributed by atoms with van der Waals surface area (Å²) in [4.78, 5) is 0. The van der Waals surface area contributed by atoms with Crippen LogP contribution in [0.25, 0.3) is 0 Å². The summed E-state index contributed by atoms with van der Waals surface area (Å²) in [5.74, 6) is 0.101. The molecule has 0 saturated carbocycles. The number of nitrogens with zero attached hydrogens (tertiary/aromatic N) is 3. The van der Waals surface area contributed by atoms with Crippen LogP contribution < -0.4 is 0 Å². The van der Waals surface area contributed by atoms with Crippen LogP contribution in [-0.4, -0.2) is 26.0 Å². The Hall–Kier alpha value is -1.86. The van der Waals surface area contributed by atoms with Gasteiger partial charge in [-0.25, -0.2) is 0 Å². The quantitative estimate of drug-likeness (QED) is 0.227. The highest BCUT2D eigenvalue weighted by Crippen LogP contribution is 2.31. The maximum absolute atomic E-state index is 9.67. The molecule has 0 unspecified atom stereocenters. The molecule has 28 heavy (non-hydrogen) atoms. The second kappa shape index (κ2) is 9.57. The summed E-state index contributed by atoms with van der Waals surface area (Å²) in [6, 6.07) is 22.0. The van der Waals surface area contributed by atoms with Gasteiger partial charge in [0, 0.05) is 0 Å². The third-order valence-corrected chi connectivity index (χ3v) is 14.6. The third-order valence-electron chi connectivity index (χ3n) is 3.95. The minimum Gasteiger partial charge on any atom is -0.456 e. The molecule has 2 rings (SSSR count). The van der Waals surface area contributed by atoms with Crippen molar-refractivity contribution in [2.24, 2.45) is 4.40 Å². The van der Waals surface area contributed by atoms with Crippen molar-refractivity contribution in [2.75, 3.05) is 0 Å². The number of ether oxygens (including phenoxy) is 1. The van der Waals surface area contributed by atoms with Crippen molar-refractivity contribution in [2.45, 2.75) is 45.4 Å². The topological polar surface area (TPSA) is 48.6 Å². The monoisotopic (exact) mass is 427 g/mol. The van der Waals surface area contributed by atoms with Crippen LogP contribution in [-0.2, 0) is 4.74 Å². The van der Waals surface area contributed by atoms with Gasteiger partial charge in [0.05, 0.1) is 12.1 Å². The van der Waals surface area contributed by atoms with Crippen molar-refractivity contribution >= 4 is 34.5 Å². The Kier molecular flexibility index (Phi) is 7.66. The largest absolute Gasteiger partial charge is 0.456 e. The molecule has 4 nitrogen and oxygen atoms in total. The Balaban J connectivity index is 2.31. The van der Waals surface area contributed by atoms with E-state index < -0.39 is 16.5 Å². The predicted octanol–water partition coefficient (Wildman–Crippen LogP) is 6.25. The van der Waals surface area contributed by atoms with Crippen LogP contribution in [0.15, 0.2) is 65.1 Å². The molecule has 0 bridgehead atoms. The van der Waals surface area contributed by atoms with Gasteiger partial charge in [0.15, 0.2) is 12.2 Å². The van der Waals surface area contributed by atoms with E-state index in [1.165, 1.54) is 12.1 Å². The molecule has 0 aliphatic heterocycles. The van der Waals surface area contributed by atoms with Crippen molar-refractivity contribution in [1.29, 1.82) is 5.26 Å². The fraction of sp³-hybridized carbons (Fsp3) is 0.333. The SMILES string of the molecule is C[Si](C)(C)N(S/N=C(\C#N)OC(c1ccccc1)c1ccccc1)[Si](C)(C)C. The van der Waals surface area contributed by atoms with Gasteiger partial charge in [0.2, 0.25) is 0 Å². The normalized spacial score (nSPS) is 12.9. The first-order valence-electron chi connectivity index (χ1n) is 9.35. The van der Waals surface area contributed by atoms with Gasteiger partial charge in [-0.15, -0.1) is 0 Å². The standard InChI is InChI=1S/C21H29N3OSSi2/c1-27(2,3)24(28(4,5)6)26-23-20(17-22)25-21(18-13-9-7-10-14-18)19-15-11-8-12-16-19/h7-16,21H,1-6H3/b23-20+. The molecule has 0 N–H and O–H groups in total. The zero-order chi connectivity index (χ0) is 20.8. The smallest absolute Gasteiger partial charge is 0.304 e. The van der Waals surface area contributed by atoms with Gasteiger partial charge in [-0.05, 0) is 11.1 Å². The number of rotatable bonds is 7. The van der Waals surface area contributed by atoms with Crippen molar-refractivity contribution in [3.05, 3.63) is 71.8 Å². The maximum Gasteiger partial charge on any atom is 0.304 e. The zero-order valence-corrected chi connectivity index (χ0v) is 20.3. The number of benzene rings is 2. The molecule has 0 saturated heterocycles. The lowest BCUT2D eigenvalue weighted by Gasteiger charge is -2.40. The van der Waals surface area contributed by atoms with Crippen LogP contribution in [0.4, 0.5) is 0 Å². The molecule has 0 atom stereocenters. The Bertz CT molecular complexity index is 771. The third kappa shape index (κ3) is 6.35. The van der Waals surface area contributed by atoms with Gasteiger partial charge in [0.25, 0.3) is 0 Å². The molecule has 0 heterocycles. The van der Waals surface area contributed by atoms with Gasteiger partial charge in [0.1, 0.15) is 16.5 Å². The van der Waals surface area contributed by atoms with E-state index in [0.717, 1.165) is 11.1 Å². The van der Waals surface area contributed by atoms with Gasteiger partial charge in [-0.3, -0.25) is 3.64 Å². The van der Waals surface area contributed by atoms with E-state index in [9.17, 15) is 5.26 Å². The maximum atomic E-state index is 9.67. The van der Waals surface area contributed by atoms with Crippen molar-refractivity contribution < 1.29 is 4.74 Å². The Labute approximate surface area is 175 Å². The summed E-state index contributed by atoms with van der Waals surface area (Å²) in [6.07, 6.45) is -0.367. The summed E-state index contributed by atoms with van der Waals surface area (Å²) in [5, 5.41) is 9.67. The van der Waals surface area contributed by atoms with Crippen LogP contribution in [0.5, 0.6) is 0 Å². The second-order valence-corrected chi connectivity index (χ2v) is 19.9. The second-order valence-electron chi connectivity index (χ2n) is 8.55. The molecule has 7 heteroatoms. The molecule has 0 aromatic heterocycles. The minimum absolute atomic E-state index is 0.101. The van der Waals surface area contributed by atoms with Gasteiger partial charge >= 0.3 is 5.90 Å². The number of hydrogen-bond acceptors (Lipinski definition) is 5. The first kappa shape index (κ1) is 22.4. The highest BCUT2D eigenvalue weighted by molar-refractivity contribution is 7.98. The fourth-order valence-corrected chi connectivity index (χ4v) is 13.6. The minimum atomic E-state index is -1.58. The predicted molar refractivity (Wildman–Crippen MR) is 125 cm³/mol. The first-order valence-corrected chi connectivity index (χ1v) is 17.0. The van der Waals surface area contributed by atoms with Gasteiger partial charge in [-0.2, -0.15) is 9.66 Å². The van der Waals surface area contributed by atoms with Crippen molar-refractivity contribution in [3.8, 4) is 6.07 Å². The van der Waals surface area contributed by atoms with E-state index in [1.54, 1.807) is 0 Å². The fourth-order valence-electron chi connectivity index (χ4n) is 3.09. The van der Waals surface area contributed by atoms with Crippen LogP contribution in [0, 0.1) is 11.3 Å². The van der Waals surface area contributed by atoms with E-state index >= 15 is 0 Å². The number of hydrogen-bond donors (Lipinski definition) is 0. The first-order chi connectivity index (χ1) is 13.1. The van der Waals surface area contributed by atoms with E-state index in [1.807, 2.05) is 60.7 Å². The van der Waals surface area contributed by atoms with Crippen LogP contribution in [0.2, 0.25) is 39.3 Å². The molecule has 0 amide bonds. The highest BCUT2D eigenvalue weighted by Gasteiger charge is 2.35. The van der Waals surface area contributed by atoms with Gasteiger partial charge in [-0.1, -0.05) is 99.9 Å². The van der Waals surface area contributed by atoms with E-state index in [2.05, 4.69) is 53.4 Å². The molecule has 2 aromatic rings. The molecule has 0 aliphatic rings. The summed E-state index contributed by atoms with van der Waals surface area (Å²) >= 11 is 1.40. The molecule has 0 aliphatic carbocycles. The average Bonchev–Trinajstić information content (AvgIpc) is 2.64.